The van der Waals surface area contributed by atoms with E-state index in [1.165, 1.54) is 0 Å². The lowest BCUT2D eigenvalue weighted by Crippen LogP contribution is -2.42. The van der Waals surface area contributed by atoms with Gasteiger partial charge in [-0.3, -0.25) is 9.59 Å². The van der Waals surface area contributed by atoms with Gasteiger partial charge in [0.2, 0.25) is 11.8 Å². The molecule has 0 bridgehead atoms. The topological polar surface area (TPSA) is 61.4 Å². The molecule has 2 fully saturated rings. The lowest BCUT2D eigenvalue weighted by atomic mass is 9.89. The summed E-state index contributed by atoms with van der Waals surface area (Å²) in [5.41, 5.74) is 1.76. The second-order valence-corrected chi connectivity index (χ2v) is 6.97. The second kappa shape index (κ2) is 5.96. The van der Waals surface area contributed by atoms with Gasteiger partial charge in [0.15, 0.2) is 0 Å². The first-order valence-corrected chi connectivity index (χ1v) is 8.62. The Balaban J connectivity index is 1.57. The summed E-state index contributed by atoms with van der Waals surface area (Å²) in [5.74, 6) is 0.309. The van der Waals surface area contributed by atoms with E-state index in [0.717, 1.165) is 50.1 Å². The molecule has 1 aliphatic carbocycles. The monoisotopic (exact) mass is 313 g/mol. The van der Waals surface area contributed by atoms with Crippen LogP contribution in [0.5, 0.6) is 0 Å². The van der Waals surface area contributed by atoms with E-state index < -0.39 is 0 Å². The number of benzene rings is 1. The maximum absolute atomic E-state index is 13.2. The number of hydrogen-bond acceptors (Lipinski definition) is 3. The molecule has 23 heavy (non-hydrogen) atoms. The third-order valence-corrected chi connectivity index (χ3v) is 5.19. The number of amides is 2. The molecule has 0 spiro atoms. The molecule has 2 aliphatic heterocycles. The molecule has 5 nitrogen and oxygen atoms in total. The van der Waals surface area contributed by atoms with Crippen molar-refractivity contribution in [2.75, 3.05) is 25.0 Å². The number of hydrogen-bond donors (Lipinski definition) is 2. The van der Waals surface area contributed by atoms with E-state index in [-0.39, 0.29) is 24.2 Å². The van der Waals surface area contributed by atoms with E-state index in [2.05, 4.69) is 15.5 Å². The Morgan fingerprint density at radius 1 is 1.22 bits per heavy atom. The Kier molecular flexibility index (Phi) is 3.81. The van der Waals surface area contributed by atoms with E-state index in [1.807, 2.05) is 24.3 Å². The highest BCUT2D eigenvalue weighted by molar-refractivity contribution is 6.01. The van der Waals surface area contributed by atoms with Crippen LogP contribution in [0.25, 0.3) is 0 Å². The van der Waals surface area contributed by atoms with Gasteiger partial charge in [0.25, 0.3) is 0 Å². The van der Waals surface area contributed by atoms with Gasteiger partial charge in [0.1, 0.15) is 0 Å². The van der Waals surface area contributed by atoms with Crippen molar-refractivity contribution in [2.24, 2.45) is 5.92 Å². The summed E-state index contributed by atoms with van der Waals surface area (Å²) in [6.45, 7) is 2.88. The fourth-order valence-corrected chi connectivity index (χ4v) is 3.79. The van der Waals surface area contributed by atoms with Crippen molar-refractivity contribution < 1.29 is 9.59 Å². The molecule has 3 aliphatic rings. The van der Waals surface area contributed by atoms with Crippen molar-refractivity contribution in [1.82, 2.24) is 10.2 Å². The van der Waals surface area contributed by atoms with Gasteiger partial charge in [-0.25, -0.2) is 0 Å². The minimum atomic E-state index is -0.324. The Morgan fingerprint density at radius 2 is 2.04 bits per heavy atom. The van der Waals surface area contributed by atoms with Crippen LogP contribution in [0.2, 0.25) is 0 Å². The Bertz CT molecular complexity index is 620. The van der Waals surface area contributed by atoms with Gasteiger partial charge in [-0.1, -0.05) is 18.2 Å². The van der Waals surface area contributed by atoms with Crippen LogP contribution in [0.3, 0.4) is 0 Å². The Morgan fingerprint density at radius 3 is 2.78 bits per heavy atom. The smallest absolute Gasteiger partial charge is 0.230 e. The summed E-state index contributed by atoms with van der Waals surface area (Å²) in [6, 6.07) is 8.09. The summed E-state index contributed by atoms with van der Waals surface area (Å²) < 4.78 is 0. The molecule has 2 heterocycles. The molecule has 5 heteroatoms. The molecule has 2 atom stereocenters. The van der Waals surface area contributed by atoms with E-state index in [4.69, 9.17) is 0 Å². The zero-order chi connectivity index (χ0) is 15.8. The lowest BCUT2D eigenvalue weighted by Gasteiger charge is -2.32. The number of carbonyl (C=O) groups is 2. The van der Waals surface area contributed by atoms with Crippen LogP contribution < -0.4 is 10.6 Å². The number of anilines is 1. The van der Waals surface area contributed by atoms with Gasteiger partial charge in [0, 0.05) is 24.7 Å². The molecule has 0 radical (unpaired) electrons. The number of nitrogens with zero attached hydrogens (tertiary/aromatic N) is 1. The van der Waals surface area contributed by atoms with Gasteiger partial charge >= 0.3 is 0 Å². The lowest BCUT2D eigenvalue weighted by molar-refractivity contribution is -0.136. The predicted octanol–water partition coefficient (Wildman–Crippen LogP) is 1.71. The van der Waals surface area contributed by atoms with Crippen LogP contribution >= 0.6 is 0 Å². The van der Waals surface area contributed by atoms with Gasteiger partial charge in [-0.05, 0) is 49.9 Å². The number of rotatable bonds is 4. The fraction of sp³-hybridized carbons (Fsp3) is 0.556. The summed E-state index contributed by atoms with van der Waals surface area (Å²) in [6.07, 6.45) is 3.61. The van der Waals surface area contributed by atoms with Gasteiger partial charge in [0.05, 0.1) is 5.92 Å². The van der Waals surface area contributed by atoms with Crippen LogP contribution in [0.4, 0.5) is 5.69 Å². The molecule has 1 aromatic rings. The highest BCUT2D eigenvalue weighted by atomic mass is 16.2. The minimum Gasteiger partial charge on any atom is -0.339 e. The summed E-state index contributed by atoms with van der Waals surface area (Å²) in [4.78, 5) is 27.3. The van der Waals surface area contributed by atoms with Crippen LogP contribution in [0, 0.1) is 5.92 Å². The van der Waals surface area contributed by atoms with Crippen molar-refractivity contribution in [2.45, 2.75) is 37.6 Å². The molecular formula is C18H23N3O2. The quantitative estimate of drug-likeness (QED) is 0.889. The van der Waals surface area contributed by atoms with Gasteiger partial charge < -0.3 is 15.5 Å². The third kappa shape index (κ3) is 2.98. The first kappa shape index (κ1) is 14.7. The molecule has 4 rings (SSSR count). The van der Waals surface area contributed by atoms with E-state index in [0.29, 0.717) is 12.0 Å². The van der Waals surface area contributed by atoms with Crippen molar-refractivity contribution >= 4 is 17.5 Å². The molecule has 2 amide bonds. The predicted molar refractivity (Wildman–Crippen MR) is 88.1 cm³/mol. The average molecular weight is 313 g/mol. The normalized spacial score (nSPS) is 26.5. The molecular weight excluding hydrogens is 290 g/mol. The fourth-order valence-electron chi connectivity index (χ4n) is 3.79. The van der Waals surface area contributed by atoms with Crippen LogP contribution in [0.1, 0.15) is 37.2 Å². The molecule has 122 valence electrons. The molecule has 1 saturated heterocycles. The van der Waals surface area contributed by atoms with Crippen molar-refractivity contribution in [3.63, 3.8) is 0 Å². The van der Waals surface area contributed by atoms with Crippen molar-refractivity contribution in [3.8, 4) is 0 Å². The maximum atomic E-state index is 13.2. The van der Waals surface area contributed by atoms with E-state index in [1.54, 1.807) is 0 Å². The largest absolute Gasteiger partial charge is 0.339 e. The third-order valence-electron chi connectivity index (χ3n) is 5.19. The zero-order valence-corrected chi connectivity index (χ0v) is 13.3. The highest BCUT2D eigenvalue weighted by Crippen LogP contribution is 2.37. The molecule has 2 N–H and O–H groups in total. The van der Waals surface area contributed by atoms with Gasteiger partial charge in [-0.15, -0.1) is 0 Å². The zero-order valence-electron chi connectivity index (χ0n) is 13.3. The molecule has 1 unspecified atom stereocenters. The molecule has 1 aromatic carbocycles. The van der Waals surface area contributed by atoms with E-state index in [9.17, 15) is 9.59 Å². The van der Waals surface area contributed by atoms with Crippen molar-refractivity contribution in [1.29, 1.82) is 0 Å². The second-order valence-electron chi connectivity index (χ2n) is 6.97. The number of carbonyl (C=O) groups excluding carboxylic acids is 2. The molecule has 0 aromatic heterocycles. The standard InChI is InChI=1S/C18H23N3O2/c22-17-9-15(14-3-1-2-4-16(14)20-17)18(23)21(13-5-6-13)11-12-7-8-19-10-12/h1-4,12-13,15,19H,5-11H2,(H,20,22)/t12-,15?/m0/s1. The SMILES string of the molecule is O=C1CC(C(=O)N(C[C@H]2CCNC2)C2CC2)c2ccccc2N1. The van der Waals surface area contributed by atoms with E-state index >= 15 is 0 Å². The summed E-state index contributed by atoms with van der Waals surface area (Å²) >= 11 is 0. The van der Waals surface area contributed by atoms with Crippen LogP contribution in [-0.2, 0) is 9.59 Å². The summed E-state index contributed by atoms with van der Waals surface area (Å²) in [5, 5.41) is 6.26. The van der Waals surface area contributed by atoms with Crippen LogP contribution in [0.15, 0.2) is 24.3 Å². The minimum absolute atomic E-state index is 0.0553. The van der Waals surface area contributed by atoms with Crippen LogP contribution in [-0.4, -0.2) is 42.4 Å². The highest BCUT2D eigenvalue weighted by Gasteiger charge is 2.40. The first-order chi connectivity index (χ1) is 11.2. The number of fused-ring (bicyclic) bond motifs is 1. The number of nitrogens with one attached hydrogen (secondary N) is 2. The van der Waals surface area contributed by atoms with Gasteiger partial charge in [-0.2, -0.15) is 0 Å². The average Bonchev–Trinajstić information content (AvgIpc) is 3.27. The maximum Gasteiger partial charge on any atom is 0.230 e. The Labute approximate surface area is 136 Å². The van der Waals surface area contributed by atoms with Crippen molar-refractivity contribution in [3.05, 3.63) is 29.8 Å². The molecule has 1 saturated carbocycles. The number of para-hydroxylation sites is 1. The first-order valence-electron chi connectivity index (χ1n) is 8.62. The summed E-state index contributed by atoms with van der Waals surface area (Å²) in [7, 11) is 0. The Hall–Kier alpha value is -1.88.